The Morgan fingerprint density at radius 3 is 1.98 bits per heavy atom. The molecule has 0 radical (unpaired) electrons. The fraction of sp³-hybridized carbons (Fsp3) is 0.250. The highest BCUT2D eigenvalue weighted by molar-refractivity contribution is 6.13. The lowest BCUT2D eigenvalue weighted by Gasteiger charge is -2.17. The topological polar surface area (TPSA) is 115 Å². The van der Waals surface area contributed by atoms with Gasteiger partial charge in [-0.3, -0.25) is 14.4 Å². The third-order valence-electron chi connectivity index (χ3n) is 6.20. The van der Waals surface area contributed by atoms with Crippen LogP contribution in [0.2, 0.25) is 0 Å². The van der Waals surface area contributed by atoms with Gasteiger partial charge in [0.2, 0.25) is 11.7 Å². The van der Waals surface area contributed by atoms with Crippen molar-refractivity contribution in [1.82, 2.24) is 0 Å². The molecule has 0 atom stereocenters. The molecule has 9 nitrogen and oxygen atoms in total. The number of ether oxygens (including phenoxy) is 3. The number of hydrogen-bond acceptors (Lipinski definition) is 6. The maximum atomic E-state index is 14.5. The smallest absolute Gasteiger partial charge is 0.416 e. The summed E-state index contributed by atoms with van der Waals surface area (Å²) < 4.78 is 70.7. The van der Waals surface area contributed by atoms with Crippen LogP contribution in [0, 0.1) is 11.7 Å². The van der Waals surface area contributed by atoms with Crippen LogP contribution < -0.4 is 30.2 Å². The van der Waals surface area contributed by atoms with E-state index < -0.39 is 35.1 Å². The van der Waals surface area contributed by atoms with Crippen molar-refractivity contribution in [3.8, 4) is 17.2 Å². The zero-order valence-corrected chi connectivity index (χ0v) is 22.1. The normalized spacial score (nSPS) is 12.8. The van der Waals surface area contributed by atoms with Crippen molar-refractivity contribution in [3.63, 3.8) is 0 Å². The Hall–Kier alpha value is -4.81. The van der Waals surface area contributed by atoms with Crippen molar-refractivity contribution in [2.75, 3.05) is 37.3 Å². The minimum absolute atomic E-state index is 0.0755. The Kier molecular flexibility index (Phi) is 8.36. The number of hydrogen-bond donors (Lipinski definition) is 3. The number of alkyl halides is 3. The first-order valence-electron chi connectivity index (χ1n) is 12.2. The second-order valence-corrected chi connectivity index (χ2v) is 9.04. The van der Waals surface area contributed by atoms with Crippen LogP contribution in [0.4, 0.5) is 34.6 Å². The lowest BCUT2D eigenvalue weighted by Crippen LogP contribution is -2.20. The Labute approximate surface area is 231 Å². The number of rotatable bonds is 9. The van der Waals surface area contributed by atoms with Crippen LogP contribution in [-0.2, 0) is 11.0 Å². The SMILES string of the molecule is COc1cc(C(=O)Nc2cc(C(F)(F)F)ccc2C(=O)Nc2cc(NC(=O)C3CC3)ccc2F)cc(OC)c1OC. The zero-order valence-electron chi connectivity index (χ0n) is 22.1. The van der Waals surface area contributed by atoms with E-state index in [1.54, 1.807) is 0 Å². The van der Waals surface area contributed by atoms with Gasteiger partial charge in [-0.25, -0.2) is 4.39 Å². The third-order valence-corrected chi connectivity index (χ3v) is 6.20. The van der Waals surface area contributed by atoms with Gasteiger partial charge in [-0.2, -0.15) is 13.2 Å². The van der Waals surface area contributed by atoms with Crippen LogP contribution in [-0.4, -0.2) is 39.1 Å². The molecule has 13 heteroatoms. The number of carbonyl (C=O) groups is 3. The van der Waals surface area contributed by atoms with Crippen LogP contribution in [0.25, 0.3) is 0 Å². The average molecular weight is 576 g/mol. The van der Waals surface area contributed by atoms with Gasteiger partial charge in [0.1, 0.15) is 5.82 Å². The predicted octanol–water partition coefficient (Wildman–Crippen LogP) is 5.72. The monoisotopic (exact) mass is 575 g/mol. The molecule has 1 fully saturated rings. The number of methoxy groups -OCH3 is 3. The highest BCUT2D eigenvalue weighted by Gasteiger charge is 2.32. The summed E-state index contributed by atoms with van der Waals surface area (Å²) in [5.41, 5.74) is -2.19. The maximum Gasteiger partial charge on any atom is 0.416 e. The fourth-order valence-corrected chi connectivity index (χ4v) is 3.91. The summed E-state index contributed by atoms with van der Waals surface area (Å²) >= 11 is 0. The molecule has 1 saturated carbocycles. The van der Waals surface area contributed by atoms with Gasteiger partial charge in [-0.15, -0.1) is 0 Å². The molecule has 216 valence electrons. The second-order valence-electron chi connectivity index (χ2n) is 9.04. The van der Waals surface area contributed by atoms with E-state index in [2.05, 4.69) is 16.0 Å². The molecule has 1 aliphatic carbocycles. The van der Waals surface area contributed by atoms with Gasteiger partial charge in [0.25, 0.3) is 11.8 Å². The van der Waals surface area contributed by atoms with Gasteiger partial charge in [0, 0.05) is 17.2 Å². The Bertz CT molecular complexity index is 1480. The standard InChI is InChI=1S/C28H25F4N3O6/c1-39-22-10-15(11-23(40-2)24(22)41-3)26(37)34-20-12-16(28(30,31)32)6-8-18(20)27(38)35-21-13-17(7-9-19(21)29)33-25(36)14-4-5-14/h6-14H,4-5H2,1-3H3,(H,33,36)(H,34,37)(H,35,38). The number of anilines is 3. The Morgan fingerprint density at radius 2 is 1.41 bits per heavy atom. The van der Waals surface area contributed by atoms with Gasteiger partial charge in [-0.1, -0.05) is 0 Å². The highest BCUT2D eigenvalue weighted by Crippen LogP contribution is 2.39. The number of amides is 3. The molecule has 0 heterocycles. The summed E-state index contributed by atoms with van der Waals surface area (Å²) in [7, 11) is 3.99. The molecule has 1 aliphatic rings. The molecule has 3 amide bonds. The van der Waals surface area contributed by atoms with E-state index in [4.69, 9.17) is 14.2 Å². The van der Waals surface area contributed by atoms with Crippen molar-refractivity contribution in [3.05, 3.63) is 71.0 Å². The second kappa shape index (κ2) is 11.7. The van der Waals surface area contributed by atoms with E-state index in [0.717, 1.165) is 25.0 Å². The van der Waals surface area contributed by atoms with Crippen LogP contribution in [0.15, 0.2) is 48.5 Å². The number of nitrogens with one attached hydrogen (secondary N) is 3. The van der Waals surface area contributed by atoms with Gasteiger partial charge in [-0.05, 0) is 61.4 Å². The predicted molar refractivity (Wildman–Crippen MR) is 141 cm³/mol. The van der Waals surface area contributed by atoms with Crippen molar-refractivity contribution >= 4 is 34.8 Å². The van der Waals surface area contributed by atoms with Crippen LogP contribution >= 0.6 is 0 Å². The largest absolute Gasteiger partial charge is 0.493 e. The molecule has 3 aromatic rings. The van der Waals surface area contributed by atoms with Crippen molar-refractivity contribution in [1.29, 1.82) is 0 Å². The van der Waals surface area contributed by atoms with Crippen molar-refractivity contribution < 1.29 is 46.2 Å². The first-order chi connectivity index (χ1) is 19.4. The molecule has 3 aromatic carbocycles. The molecular weight excluding hydrogens is 550 g/mol. The van der Waals surface area contributed by atoms with Gasteiger partial charge in [0.15, 0.2) is 11.5 Å². The summed E-state index contributed by atoms with van der Waals surface area (Å²) in [5.74, 6) is -2.71. The number of carbonyl (C=O) groups excluding carboxylic acids is 3. The van der Waals surface area contributed by atoms with E-state index in [1.165, 1.54) is 45.6 Å². The molecule has 0 bridgehead atoms. The summed E-state index contributed by atoms with van der Waals surface area (Å²) in [4.78, 5) is 38.3. The molecule has 0 spiro atoms. The highest BCUT2D eigenvalue weighted by atomic mass is 19.4. The van der Waals surface area contributed by atoms with E-state index in [-0.39, 0.29) is 51.6 Å². The maximum absolute atomic E-state index is 14.5. The molecular formula is C28H25F4N3O6. The summed E-state index contributed by atoms with van der Waals surface area (Å²) in [6, 6.07) is 8.19. The first kappa shape index (κ1) is 29.2. The van der Waals surface area contributed by atoms with Crippen LogP contribution in [0.5, 0.6) is 17.2 Å². The van der Waals surface area contributed by atoms with Crippen molar-refractivity contribution in [2.45, 2.75) is 19.0 Å². The number of benzene rings is 3. The van der Waals surface area contributed by atoms with E-state index >= 15 is 0 Å². The average Bonchev–Trinajstić information content (AvgIpc) is 3.79. The summed E-state index contributed by atoms with van der Waals surface area (Å²) in [6.07, 6.45) is -3.30. The molecule has 0 saturated heterocycles. The molecule has 0 aliphatic heterocycles. The van der Waals surface area contributed by atoms with E-state index in [0.29, 0.717) is 12.1 Å². The molecule has 0 aromatic heterocycles. The first-order valence-corrected chi connectivity index (χ1v) is 12.2. The molecule has 3 N–H and O–H groups in total. The minimum Gasteiger partial charge on any atom is -0.493 e. The third kappa shape index (κ3) is 6.68. The fourth-order valence-electron chi connectivity index (χ4n) is 3.91. The van der Waals surface area contributed by atoms with Crippen LogP contribution in [0.1, 0.15) is 39.1 Å². The summed E-state index contributed by atoms with van der Waals surface area (Å²) in [5, 5.41) is 7.23. The summed E-state index contributed by atoms with van der Waals surface area (Å²) in [6.45, 7) is 0. The minimum atomic E-state index is -4.79. The molecule has 41 heavy (non-hydrogen) atoms. The zero-order chi connectivity index (χ0) is 29.9. The molecule has 0 unspecified atom stereocenters. The van der Waals surface area contributed by atoms with Crippen LogP contribution in [0.3, 0.4) is 0 Å². The van der Waals surface area contributed by atoms with Gasteiger partial charge < -0.3 is 30.2 Å². The van der Waals surface area contributed by atoms with Gasteiger partial charge in [0.05, 0.1) is 43.8 Å². The van der Waals surface area contributed by atoms with E-state index in [9.17, 15) is 31.9 Å². The van der Waals surface area contributed by atoms with E-state index in [1.807, 2.05) is 0 Å². The van der Waals surface area contributed by atoms with Crippen molar-refractivity contribution in [2.24, 2.45) is 5.92 Å². The lowest BCUT2D eigenvalue weighted by atomic mass is 10.1. The Morgan fingerprint density at radius 1 is 0.780 bits per heavy atom. The Balaban J connectivity index is 1.65. The quantitative estimate of drug-likeness (QED) is 0.281. The molecule has 4 rings (SSSR count). The number of halogens is 4. The lowest BCUT2D eigenvalue weighted by molar-refractivity contribution is -0.137. The van der Waals surface area contributed by atoms with Gasteiger partial charge >= 0.3 is 6.18 Å².